The third-order valence-electron chi connectivity index (χ3n) is 21.1. The first-order valence-corrected chi connectivity index (χ1v) is 34.9. The highest BCUT2D eigenvalue weighted by atomic mass is 16.6. The number of ether oxygens (including phenoxy) is 5. The Balaban J connectivity index is 0.000000185. The summed E-state index contributed by atoms with van der Waals surface area (Å²) < 4.78 is 29.2. The van der Waals surface area contributed by atoms with Crippen LogP contribution in [-0.4, -0.2) is 29.8 Å². The number of rotatable bonds is 20. The zero-order chi connectivity index (χ0) is 69.1. The van der Waals surface area contributed by atoms with E-state index in [2.05, 4.69) is 120 Å². The molecular weight excluding hydrogens is 1160 g/mol. The standard InChI is InChI=1S/C19H28O2.C17H24O2.2C16H22O2.C15H20O2/c1-7-18(5,6)16(20)21-19(12-13-19)15-10-8-14(9-11-15)17(2,3)4;1-5-16(3,4)15(18)19-17(11-6-12-17)14-9-7-13(2)8-10-14;1-5-15(3,4)14(17)18-16(10-11-16)13-8-6-12(2)7-9-13;1-4-15(2,3)14(17)18-16(11-8-12-16)13-9-6-5-7-10-13;1-4-14(2,3)13(16)17-15(10-11-15)12-8-6-5-7-9-12/h8-11H,7,12-13H2,1-6H3;7-10H,5-6,11-12H2,1-4H3;6-9H,5,10-11H2,1-4H3;5-7,9-10H,4,8,11-12H2,1-3H3;5-9H,4,10-11H2,1-3H3. The van der Waals surface area contributed by atoms with Crippen molar-refractivity contribution in [2.45, 2.75) is 281 Å². The minimum Gasteiger partial charge on any atom is -0.454 e. The van der Waals surface area contributed by atoms with E-state index < -0.39 is 16.2 Å². The first kappa shape index (κ1) is 75.5. The number of hydrogen-bond donors (Lipinski definition) is 0. The molecule has 0 aromatic heterocycles. The van der Waals surface area contributed by atoms with Crippen molar-refractivity contribution >= 4 is 29.8 Å². The van der Waals surface area contributed by atoms with Gasteiger partial charge in [0.15, 0.2) is 0 Å². The molecule has 10 rings (SSSR count). The topological polar surface area (TPSA) is 132 Å². The minimum absolute atomic E-state index is 0.0738. The number of aryl methyl sites for hydroxylation is 2. The van der Waals surface area contributed by atoms with Crippen LogP contribution in [0, 0.1) is 40.9 Å². The van der Waals surface area contributed by atoms with Crippen LogP contribution in [0.5, 0.6) is 0 Å². The predicted octanol–water partition coefficient (Wildman–Crippen LogP) is 21.0. The Morgan fingerprint density at radius 3 is 0.656 bits per heavy atom. The molecule has 0 amide bonds. The van der Waals surface area contributed by atoms with Crippen LogP contribution in [0.15, 0.2) is 133 Å². The highest BCUT2D eigenvalue weighted by molar-refractivity contribution is 5.79. The molecule has 5 fully saturated rings. The van der Waals surface area contributed by atoms with E-state index >= 15 is 0 Å². The molecule has 508 valence electrons. The lowest BCUT2D eigenvalue weighted by atomic mass is 9.74. The second kappa shape index (κ2) is 30.0. The van der Waals surface area contributed by atoms with Gasteiger partial charge in [-0.25, -0.2) is 0 Å². The lowest BCUT2D eigenvalue weighted by molar-refractivity contribution is -0.183. The second-order valence-corrected chi connectivity index (χ2v) is 31.6. The molecule has 5 aliphatic carbocycles. The summed E-state index contributed by atoms with van der Waals surface area (Å²) in [6.45, 7) is 40.4. The summed E-state index contributed by atoms with van der Waals surface area (Å²) >= 11 is 0. The maximum Gasteiger partial charge on any atom is 0.312 e. The fraction of sp³-hybridized carbons (Fsp3) is 0.578. The molecule has 5 saturated carbocycles. The molecule has 10 heteroatoms. The number of esters is 5. The zero-order valence-corrected chi connectivity index (χ0v) is 60.8. The van der Waals surface area contributed by atoms with E-state index in [4.69, 9.17) is 23.7 Å². The van der Waals surface area contributed by atoms with Gasteiger partial charge in [-0.2, -0.15) is 0 Å². The average Bonchev–Trinajstić information content (AvgIpc) is 1.43. The normalized spacial score (nSPS) is 17.6. The first-order chi connectivity index (χ1) is 43.4. The first-order valence-electron chi connectivity index (χ1n) is 34.9. The second-order valence-electron chi connectivity index (χ2n) is 31.6. The van der Waals surface area contributed by atoms with Crippen LogP contribution in [0.25, 0.3) is 0 Å². The van der Waals surface area contributed by atoms with Crippen molar-refractivity contribution < 1.29 is 47.7 Å². The molecule has 0 atom stereocenters. The van der Waals surface area contributed by atoms with Gasteiger partial charge in [0.1, 0.15) is 28.0 Å². The summed E-state index contributed by atoms with van der Waals surface area (Å²) in [5, 5.41) is 0. The molecule has 0 N–H and O–H groups in total. The van der Waals surface area contributed by atoms with Crippen molar-refractivity contribution in [3.05, 3.63) is 178 Å². The van der Waals surface area contributed by atoms with Crippen LogP contribution in [0.2, 0.25) is 0 Å². The molecule has 0 bridgehead atoms. The molecule has 5 aromatic carbocycles. The lowest BCUT2D eigenvalue weighted by Crippen LogP contribution is -2.42. The molecular formula is C83H116O10. The Morgan fingerprint density at radius 2 is 0.484 bits per heavy atom. The van der Waals surface area contributed by atoms with Gasteiger partial charge in [0, 0.05) is 0 Å². The summed E-state index contributed by atoms with van der Waals surface area (Å²) in [4.78, 5) is 61.2. The fourth-order valence-corrected chi connectivity index (χ4v) is 10.4. The molecule has 0 radical (unpaired) electrons. The SMILES string of the molecule is CCC(C)(C)C(=O)OC1(c2ccc(C(C)(C)C)cc2)CC1.CCC(C)(C)C(=O)OC1(c2ccc(C)cc2)CC1.CCC(C)(C)C(=O)OC1(c2ccc(C)cc2)CCC1.CCC(C)(C)C(=O)OC1(c2ccccc2)CC1.CCC(C)(C)C(=O)OC1(c2ccccc2)CCC1. The third-order valence-corrected chi connectivity index (χ3v) is 21.1. The number of carbonyl (C=O) groups excluding carboxylic acids is 5. The quantitative estimate of drug-likeness (QED) is 0.0548. The Bertz CT molecular complexity index is 3250. The molecule has 0 unspecified atom stereocenters. The summed E-state index contributed by atoms with van der Waals surface area (Å²) in [7, 11) is 0. The van der Waals surface area contributed by atoms with Crippen molar-refractivity contribution in [2.75, 3.05) is 0 Å². The van der Waals surface area contributed by atoms with Crippen molar-refractivity contribution in [1.29, 1.82) is 0 Å². The molecule has 0 saturated heterocycles. The minimum atomic E-state index is -0.402. The summed E-state index contributed by atoms with van der Waals surface area (Å²) in [6.07, 6.45) is 15.7. The van der Waals surface area contributed by atoms with Crippen molar-refractivity contribution in [1.82, 2.24) is 0 Å². The van der Waals surface area contributed by atoms with Crippen molar-refractivity contribution in [3.8, 4) is 0 Å². The van der Waals surface area contributed by atoms with Gasteiger partial charge in [0.25, 0.3) is 0 Å². The molecule has 10 nitrogen and oxygen atoms in total. The van der Waals surface area contributed by atoms with E-state index in [1.54, 1.807) is 0 Å². The van der Waals surface area contributed by atoms with E-state index in [1.165, 1.54) is 16.7 Å². The molecule has 5 aromatic rings. The highest BCUT2D eigenvalue weighted by Gasteiger charge is 2.53. The maximum absolute atomic E-state index is 12.3. The monoisotopic (exact) mass is 1270 g/mol. The number of benzene rings is 5. The van der Waals surface area contributed by atoms with Crippen LogP contribution in [0.4, 0.5) is 0 Å². The van der Waals surface area contributed by atoms with Gasteiger partial charge in [-0.05, 0) is 231 Å². The molecule has 0 heterocycles. The largest absolute Gasteiger partial charge is 0.454 e. The Kier molecular flexibility index (Phi) is 24.4. The van der Waals surface area contributed by atoms with Gasteiger partial charge < -0.3 is 23.7 Å². The van der Waals surface area contributed by atoms with Gasteiger partial charge in [0.2, 0.25) is 0 Å². The van der Waals surface area contributed by atoms with Gasteiger partial charge in [0.05, 0.1) is 27.1 Å². The van der Waals surface area contributed by atoms with Gasteiger partial charge >= 0.3 is 29.8 Å². The average molecular weight is 1270 g/mol. The van der Waals surface area contributed by atoms with Gasteiger partial charge in [-0.1, -0.05) is 200 Å². The van der Waals surface area contributed by atoms with E-state index in [0.717, 1.165) is 137 Å². The van der Waals surface area contributed by atoms with E-state index in [9.17, 15) is 24.0 Å². The van der Waals surface area contributed by atoms with Gasteiger partial charge in [-0.15, -0.1) is 0 Å². The van der Waals surface area contributed by atoms with Crippen LogP contribution in [0.1, 0.15) is 278 Å². The van der Waals surface area contributed by atoms with Gasteiger partial charge in [-0.3, -0.25) is 24.0 Å². The van der Waals surface area contributed by atoms with Crippen LogP contribution in [-0.2, 0) is 81.1 Å². The fourth-order valence-electron chi connectivity index (χ4n) is 10.4. The third kappa shape index (κ3) is 19.1. The van der Waals surface area contributed by atoms with E-state index in [-0.39, 0.29) is 74.1 Å². The molecule has 5 aliphatic rings. The van der Waals surface area contributed by atoms with Crippen molar-refractivity contribution in [3.63, 3.8) is 0 Å². The molecule has 0 spiro atoms. The molecule has 0 aliphatic heterocycles. The van der Waals surface area contributed by atoms with Crippen LogP contribution in [0.3, 0.4) is 0 Å². The maximum atomic E-state index is 12.3. The summed E-state index contributed by atoms with van der Waals surface area (Å²) in [5.41, 5.74) is 5.89. The summed E-state index contributed by atoms with van der Waals surface area (Å²) in [5.74, 6) is -0.393. The number of hydrogen-bond acceptors (Lipinski definition) is 10. The number of carbonyl (C=O) groups is 5. The summed E-state index contributed by atoms with van der Waals surface area (Å²) in [6, 6.07) is 45.4. The van der Waals surface area contributed by atoms with E-state index in [1.807, 2.05) is 152 Å². The Hall–Kier alpha value is -6.55. The zero-order valence-electron chi connectivity index (χ0n) is 60.8. The molecule has 93 heavy (non-hydrogen) atoms. The Morgan fingerprint density at radius 1 is 0.290 bits per heavy atom. The van der Waals surface area contributed by atoms with Crippen molar-refractivity contribution in [2.24, 2.45) is 27.1 Å². The highest BCUT2D eigenvalue weighted by Crippen LogP contribution is 2.54. The smallest absolute Gasteiger partial charge is 0.312 e. The van der Waals surface area contributed by atoms with Crippen LogP contribution < -0.4 is 0 Å². The Labute approximate surface area is 560 Å². The lowest BCUT2D eigenvalue weighted by Gasteiger charge is -2.43. The van der Waals surface area contributed by atoms with E-state index in [0.29, 0.717) is 0 Å². The van der Waals surface area contributed by atoms with Crippen LogP contribution >= 0.6 is 0 Å². The predicted molar refractivity (Wildman–Crippen MR) is 375 cm³/mol.